The number of pyridine rings is 1. The summed E-state index contributed by atoms with van der Waals surface area (Å²) in [5.74, 6) is 0.309. The molecule has 1 N–H and O–H groups in total. The van der Waals surface area contributed by atoms with Gasteiger partial charge in [-0.25, -0.2) is 9.37 Å². The third-order valence-electron chi connectivity index (χ3n) is 6.50. The van der Waals surface area contributed by atoms with Gasteiger partial charge in [0.05, 0.1) is 11.5 Å². The number of hydrogen-bond donors (Lipinski definition) is 1. The van der Waals surface area contributed by atoms with Crippen molar-refractivity contribution in [1.29, 1.82) is 0 Å². The number of aryl methyl sites for hydroxylation is 1. The topological polar surface area (TPSA) is 56.7 Å². The first kappa shape index (κ1) is 17.7. The molecular formula is C20H28FN3O2. The molecule has 1 amide bonds. The summed E-state index contributed by atoms with van der Waals surface area (Å²) in [5, 5.41) is 9.73. The van der Waals surface area contributed by atoms with E-state index in [-0.39, 0.29) is 23.9 Å². The standard InChI is InChI=1S/C20H28FN3O2/c1-14-3-8-17(21)18(22-14)23-11-2-9-20(13-23)10-12-24(19(20)26)15-4-6-16(25)7-5-15/h3,8,15-16,25H,2,4-7,9-13H2,1H3/t15?,16?,20-/m0/s1. The third kappa shape index (κ3) is 3.08. The Balaban J connectivity index is 1.51. The van der Waals surface area contributed by atoms with Crippen LogP contribution in [-0.2, 0) is 4.79 Å². The maximum atomic E-state index is 14.3. The predicted molar refractivity (Wildman–Crippen MR) is 97.4 cm³/mol. The van der Waals surface area contributed by atoms with Crippen LogP contribution in [0.2, 0.25) is 0 Å². The van der Waals surface area contributed by atoms with Gasteiger partial charge in [-0.3, -0.25) is 4.79 Å². The maximum Gasteiger partial charge on any atom is 0.230 e. The van der Waals surface area contributed by atoms with Gasteiger partial charge in [-0.05, 0) is 64.0 Å². The first-order chi connectivity index (χ1) is 12.5. The van der Waals surface area contributed by atoms with Crippen molar-refractivity contribution in [2.24, 2.45) is 5.41 Å². The van der Waals surface area contributed by atoms with Crippen LogP contribution in [-0.4, -0.2) is 52.7 Å². The zero-order valence-electron chi connectivity index (χ0n) is 15.5. The number of piperidine rings is 1. The average Bonchev–Trinajstić information content (AvgIpc) is 2.94. The van der Waals surface area contributed by atoms with E-state index in [0.29, 0.717) is 12.4 Å². The fourth-order valence-electron chi connectivity index (χ4n) is 5.00. The van der Waals surface area contributed by atoms with Gasteiger partial charge in [0.25, 0.3) is 0 Å². The van der Waals surface area contributed by atoms with Crippen molar-refractivity contribution in [3.05, 3.63) is 23.6 Å². The molecule has 2 saturated heterocycles. The molecule has 1 saturated carbocycles. The molecular weight excluding hydrogens is 333 g/mol. The van der Waals surface area contributed by atoms with Crippen LogP contribution in [0.4, 0.5) is 10.2 Å². The van der Waals surface area contributed by atoms with Crippen molar-refractivity contribution in [1.82, 2.24) is 9.88 Å². The SMILES string of the molecule is Cc1ccc(F)c(N2CCC[C@]3(CCN(C4CCC(O)CC4)C3=O)C2)n1. The van der Waals surface area contributed by atoms with E-state index in [4.69, 9.17) is 0 Å². The van der Waals surface area contributed by atoms with Crippen molar-refractivity contribution >= 4 is 11.7 Å². The molecule has 2 aliphatic heterocycles. The minimum absolute atomic E-state index is 0.210. The number of aliphatic hydroxyl groups is 1. The van der Waals surface area contributed by atoms with E-state index in [1.54, 1.807) is 6.07 Å². The van der Waals surface area contributed by atoms with Gasteiger partial charge >= 0.3 is 0 Å². The van der Waals surface area contributed by atoms with Crippen molar-refractivity contribution in [2.75, 3.05) is 24.5 Å². The molecule has 1 aromatic rings. The van der Waals surface area contributed by atoms with Crippen LogP contribution in [0.3, 0.4) is 0 Å². The highest BCUT2D eigenvalue weighted by Crippen LogP contribution is 2.43. The normalized spacial score (nSPS) is 32.5. The minimum atomic E-state index is -0.397. The minimum Gasteiger partial charge on any atom is -0.393 e. The summed E-state index contributed by atoms with van der Waals surface area (Å²) in [6.45, 7) is 3.96. The summed E-state index contributed by atoms with van der Waals surface area (Å²) >= 11 is 0. The molecule has 3 fully saturated rings. The Morgan fingerprint density at radius 2 is 1.96 bits per heavy atom. The van der Waals surface area contributed by atoms with E-state index >= 15 is 0 Å². The van der Waals surface area contributed by atoms with Crippen LogP contribution < -0.4 is 4.90 Å². The molecule has 1 aliphatic carbocycles. The number of carbonyl (C=O) groups excluding carboxylic acids is 1. The molecule has 4 rings (SSSR count). The molecule has 5 nitrogen and oxygen atoms in total. The molecule has 0 radical (unpaired) electrons. The highest BCUT2D eigenvalue weighted by Gasteiger charge is 2.51. The van der Waals surface area contributed by atoms with E-state index in [1.165, 1.54) is 6.07 Å². The first-order valence-electron chi connectivity index (χ1n) is 9.86. The number of rotatable bonds is 2. The summed E-state index contributed by atoms with van der Waals surface area (Å²) in [5.41, 5.74) is 0.396. The van der Waals surface area contributed by atoms with Crippen LogP contribution in [0.5, 0.6) is 0 Å². The quantitative estimate of drug-likeness (QED) is 0.880. The molecule has 3 aliphatic rings. The number of likely N-dealkylation sites (tertiary alicyclic amines) is 1. The largest absolute Gasteiger partial charge is 0.393 e. The number of aliphatic hydroxyl groups excluding tert-OH is 1. The van der Waals surface area contributed by atoms with E-state index in [9.17, 15) is 14.3 Å². The fourth-order valence-corrected chi connectivity index (χ4v) is 5.00. The third-order valence-corrected chi connectivity index (χ3v) is 6.50. The molecule has 3 heterocycles. The van der Waals surface area contributed by atoms with E-state index in [1.807, 2.05) is 11.8 Å². The Kier molecular flexibility index (Phi) is 4.63. The Morgan fingerprint density at radius 3 is 2.73 bits per heavy atom. The van der Waals surface area contributed by atoms with Gasteiger partial charge in [0, 0.05) is 31.4 Å². The van der Waals surface area contributed by atoms with Gasteiger partial charge in [0.15, 0.2) is 11.6 Å². The van der Waals surface area contributed by atoms with Crippen LogP contribution in [0, 0.1) is 18.2 Å². The zero-order chi connectivity index (χ0) is 18.3. The summed E-state index contributed by atoms with van der Waals surface area (Å²) in [7, 11) is 0. The molecule has 0 unspecified atom stereocenters. The molecule has 26 heavy (non-hydrogen) atoms. The van der Waals surface area contributed by atoms with Gasteiger partial charge < -0.3 is 14.9 Å². The van der Waals surface area contributed by atoms with Crippen molar-refractivity contribution < 1.29 is 14.3 Å². The number of aromatic nitrogens is 1. The van der Waals surface area contributed by atoms with Crippen LogP contribution >= 0.6 is 0 Å². The number of anilines is 1. The maximum absolute atomic E-state index is 14.3. The second kappa shape index (κ2) is 6.80. The smallest absolute Gasteiger partial charge is 0.230 e. The second-order valence-corrected chi connectivity index (χ2v) is 8.27. The molecule has 0 aromatic carbocycles. The Bertz CT molecular complexity index is 690. The lowest BCUT2D eigenvalue weighted by Gasteiger charge is -2.41. The monoisotopic (exact) mass is 361 g/mol. The lowest BCUT2D eigenvalue weighted by Crippen LogP contribution is -2.50. The van der Waals surface area contributed by atoms with Gasteiger partial charge in [-0.15, -0.1) is 0 Å². The number of amides is 1. The fraction of sp³-hybridized carbons (Fsp3) is 0.700. The number of nitrogens with zero attached hydrogens (tertiary/aromatic N) is 3. The summed E-state index contributed by atoms with van der Waals surface area (Å²) in [6.07, 6.45) is 5.74. The van der Waals surface area contributed by atoms with Crippen LogP contribution in [0.15, 0.2) is 12.1 Å². The molecule has 0 bridgehead atoms. The van der Waals surface area contributed by atoms with E-state index in [2.05, 4.69) is 9.88 Å². The van der Waals surface area contributed by atoms with Crippen LogP contribution in [0.25, 0.3) is 0 Å². The first-order valence-corrected chi connectivity index (χ1v) is 9.86. The highest BCUT2D eigenvalue weighted by molar-refractivity contribution is 5.86. The summed E-state index contributed by atoms with van der Waals surface area (Å²) in [6, 6.07) is 3.41. The molecule has 6 heteroatoms. The predicted octanol–water partition coefficient (Wildman–Crippen LogP) is 2.65. The van der Waals surface area contributed by atoms with Crippen molar-refractivity contribution in [3.8, 4) is 0 Å². The van der Waals surface area contributed by atoms with E-state index < -0.39 is 5.41 Å². The van der Waals surface area contributed by atoms with Crippen LogP contribution in [0.1, 0.15) is 50.6 Å². The Hall–Kier alpha value is -1.69. The Labute approximate surface area is 154 Å². The van der Waals surface area contributed by atoms with Gasteiger partial charge in [0.2, 0.25) is 5.91 Å². The molecule has 1 spiro atoms. The summed E-state index contributed by atoms with van der Waals surface area (Å²) < 4.78 is 14.3. The number of carbonyl (C=O) groups is 1. The number of halogens is 1. The van der Waals surface area contributed by atoms with E-state index in [0.717, 1.165) is 63.7 Å². The van der Waals surface area contributed by atoms with Crippen molar-refractivity contribution in [2.45, 2.75) is 64.0 Å². The Morgan fingerprint density at radius 1 is 1.19 bits per heavy atom. The van der Waals surface area contributed by atoms with Crippen molar-refractivity contribution in [3.63, 3.8) is 0 Å². The number of hydrogen-bond acceptors (Lipinski definition) is 4. The molecule has 142 valence electrons. The highest BCUT2D eigenvalue weighted by atomic mass is 19.1. The molecule has 1 aromatic heterocycles. The second-order valence-electron chi connectivity index (χ2n) is 8.27. The van der Waals surface area contributed by atoms with Gasteiger partial charge in [0.1, 0.15) is 0 Å². The lowest BCUT2D eigenvalue weighted by molar-refractivity contribution is -0.139. The average molecular weight is 361 g/mol. The van der Waals surface area contributed by atoms with Gasteiger partial charge in [-0.1, -0.05) is 0 Å². The molecule has 1 atom stereocenters. The summed E-state index contributed by atoms with van der Waals surface area (Å²) in [4.78, 5) is 21.7. The lowest BCUT2D eigenvalue weighted by atomic mass is 9.78. The zero-order valence-corrected chi connectivity index (χ0v) is 15.5. The van der Waals surface area contributed by atoms with Gasteiger partial charge in [-0.2, -0.15) is 0 Å².